The van der Waals surface area contributed by atoms with Crippen LogP contribution in [0.5, 0.6) is 0 Å². The van der Waals surface area contributed by atoms with E-state index >= 15 is 0 Å². The molecule has 0 aromatic carbocycles. The summed E-state index contributed by atoms with van der Waals surface area (Å²) in [4.78, 5) is 2.29. The summed E-state index contributed by atoms with van der Waals surface area (Å²) in [6, 6.07) is 0. The third-order valence-electron chi connectivity index (χ3n) is 4.11. The van der Waals surface area contributed by atoms with E-state index in [0.29, 0.717) is 24.6 Å². The Morgan fingerprint density at radius 1 is 1.32 bits per heavy atom. The zero-order valence-corrected chi connectivity index (χ0v) is 12.7. The van der Waals surface area contributed by atoms with E-state index in [1.807, 2.05) is 0 Å². The Labute approximate surface area is 116 Å². The summed E-state index contributed by atoms with van der Waals surface area (Å²) in [6.45, 7) is 8.13. The first-order valence-electron chi connectivity index (χ1n) is 7.27. The molecule has 2 heterocycles. The molecule has 1 atom stereocenters. The summed E-state index contributed by atoms with van der Waals surface area (Å²) in [6.07, 6.45) is 2.21. The highest BCUT2D eigenvalue weighted by Gasteiger charge is 2.37. The smallest absolute Gasteiger partial charge is 0.152 e. The quantitative estimate of drug-likeness (QED) is 0.704. The van der Waals surface area contributed by atoms with Gasteiger partial charge in [0.25, 0.3) is 0 Å². The second-order valence-electron chi connectivity index (χ2n) is 5.91. The second-order valence-corrected chi connectivity index (χ2v) is 8.21. The fraction of sp³-hybridized carbons (Fsp3) is 1.00. The van der Waals surface area contributed by atoms with Crippen LogP contribution in [0.3, 0.4) is 0 Å². The SMILES string of the molecule is CCCNCC1(CN2CCS(=O)(=O)CC2)CCOC1. The van der Waals surface area contributed by atoms with Crippen molar-refractivity contribution in [3.05, 3.63) is 0 Å². The standard InChI is InChI=1S/C13H26N2O3S/c1-2-4-14-10-13(3-7-18-12-13)11-15-5-8-19(16,17)9-6-15/h14H,2-12H2,1H3. The van der Waals surface area contributed by atoms with E-state index in [0.717, 1.165) is 45.7 Å². The van der Waals surface area contributed by atoms with Gasteiger partial charge in [-0.3, -0.25) is 0 Å². The largest absolute Gasteiger partial charge is 0.381 e. The Bertz CT molecular complexity index is 363. The van der Waals surface area contributed by atoms with Crippen molar-refractivity contribution in [3.8, 4) is 0 Å². The van der Waals surface area contributed by atoms with Crippen LogP contribution in [-0.2, 0) is 14.6 Å². The maximum atomic E-state index is 11.5. The lowest BCUT2D eigenvalue weighted by Gasteiger charge is -2.36. The van der Waals surface area contributed by atoms with Gasteiger partial charge in [0, 0.05) is 38.2 Å². The van der Waals surface area contributed by atoms with Gasteiger partial charge in [0.05, 0.1) is 18.1 Å². The molecule has 0 saturated carbocycles. The molecule has 1 unspecified atom stereocenters. The number of hydrogen-bond donors (Lipinski definition) is 1. The zero-order valence-electron chi connectivity index (χ0n) is 11.9. The molecule has 0 aromatic rings. The van der Waals surface area contributed by atoms with E-state index in [9.17, 15) is 8.42 Å². The van der Waals surface area contributed by atoms with Crippen LogP contribution in [0, 0.1) is 5.41 Å². The van der Waals surface area contributed by atoms with E-state index in [-0.39, 0.29) is 5.41 Å². The van der Waals surface area contributed by atoms with Gasteiger partial charge in [-0.2, -0.15) is 0 Å². The topological polar surface area (TPSA) is 58.6 Å². The highest BCUT2D eigenvalue weighted by Crippen LogP contribution is 2.29. The van der Waals surface area contributed by atoms with Crippen LogP contribution in [0.1, 0.15) is 19.8 Å². The molecular formula is C13H26N2O3S. The van der Waals surface area contributed by atoms with E-state index in [1.54, 1.807) is 0 Å². The van der Waals surface area contributed by atoms with Crippen molar-refractivity contribution in [2.45, 2.75) is 19.8 Å². The van der Waals surface area contributed by atoms with Gasteiger partial charge in [-0.05, 0) is 19.4 Å². The summed E-state index contributed by atoms with van der Waals surface area (Å²) in [5, 5.41) is 3.50. The first-order chi connectivity index (χ1) is 9.05. The molecule has 0 amide bonds. The number of hydrogen-bond acceptors (Lipinski definition) is 5. The predicted molar refractivity (Wildman–Crippen MR) is 76.1 cm³/mol. The number of sulfone groups is 1. The zero-order chi connectivity index (χ0) is 13.8. The number of nitrogens with one attached hydrogen (secondary N) is 1. The fourth-order valence-corrected chi connectivity index (χ4v) is 4.16. The molecule has 19 heavy (non-hydrogen) atoms. The molecule has 0 spiro atoms. The Morgan fingerprint density at radius 2 is 2.05 bits per heavy atom. The van der Waals surface area contributed by atoms with Crippen LogP contribution in [0.2, 0.25) is 0 Å². The minimum Gasteiger partial charge on any atom is -0.381 e. The molecule has 2 aliphatic rings. The van der Waals surface area contributed by atoms with Gasteiger partial charge in [0.1, 0.15) is 0 Å². The summed E-state index contributed by atoms with van der Waals surface area (Å²) < 4.78 is 28.5. The third-order valence-corrected chi connectivity index (χ3v) is 5.72. The number of ether oxygens (including phenoxy) is 1. The summed E-state index contributed by atoms with van der Waals surface area (Å²) >= 11 is 0. The molecule has 0 bridgehead atoms. The first kappa shape index (κ1) is 15.2. The van der Waals surface area contributed by atoms with Crippen molar-refractivity contribution in [1.82, 2.24) is 10.2 Å². The van der Waals surface area contributed by atoms with Crippen molar-refractivity contribution in [2.75, 3.05) is 57.4 Å². The Hall–Kier alpha value is -0.170. The lowest BCUT2D eigenvalue weighted by atomic mass is 9.86. The van der Waals surface area contributed by atoms with Crippen LogP contribution < -0.4 is 5.32 Å². The lowest BCUT2D eigenvalue weighted by molar-refractivity contribution is 0.112. The van der Waals surface area contributed by atoms with E-state index in [4.69, 9.17) is 4.74 Å². The molecule has 5 nitrogen and oxygen atoms in total. The molecule has 2 rings (SSSR count). The molecule has 0 aromatic heterocycles. The summed E-state index contributed by atoms with van der Waals surface area (Å²) in [5.41, 5.74) is 0.177. The monoisotopic (exact) mass is 290 g/mol. The fourth-order valence-electron chi connectivity index (χ4n) is 2.88. The van der Waals surface area contributed by atoms with Gasteiger partial charge in [-0.15, -0.1) is 0 Å². The van der Waals surface area contributed by atoms with Gasteiger partial charge in [-0.25, -0.2) is 8.42 Å². The molecular weight excluding hydrogens is 264 g/mol. The molecule has 2 aliphatic heterocycles. The van der Waals surface area contributed by atoms with Crippen LogP contribution in [0.25, 0.3) is 0 Å². The molecule has 6 heteroatoms. The van der Waals surface area contributed by atoms with Crippen molar-refractivity contribution in [3.63, 3.8) is 0 Å². The van der Waals surface area contributed by atoms with Crippen LogP contribution >= 0.6 is 0 Å². The highest BCUT2D eigenvalue weighted by atomic mass is 32.2. The predicted octanol–water partition coefficient (Wildman–Crippen LogP) is 0.123. The minimum absolute atomic E-state index is 0.177. The van der Waals surface area contributed by atoms with Gasteiger partial charge in [0.15, 0.2) is 9.84 Å². The molecule has 112 valence electrons. The van der Waals surface area contributed by atoms with Gasteiger partial charge in [0.2, 0.25) is 0 Å². The van der Waals surface area contributed by atoms with E-state index < -0.39 is 9.84 Å². The van der Waals surface area contributed by atoms with Crippen molar-refractivity contribution < 1.29 is 13.2 Å². The molecule has 0 aliphatic carbocycles. The molecule has 1 N–H and O–H groups in total. The normalized spacial score (nSPS) is 31.6. The Kier molecular flexibility index (Phi) is 5.22. The van der Waals surface area contributed by atoms with Crippen LogP contribution in [-0.4, -0.2) is 70.8 Å². The van der Waals surface area contributed by atoms with E-state index in [1.165, 1.54) is 0 Å². The maximum absolute atomic E-state index is 11.5. The molecule has 2 fully saturated rings. The first-order valence-corrected chi connectivity index (χ1v) is 9.09. The Morgan fingerprint density at radius 3 is 2.63 bits per heavy atom. The van der Waals surface area contributed by atoms with Gasteiger partial charge >= 0.3 is 0 Å². The second kappa shape index (κ2) is 6.52. The van der Waals surface area contributed by atoms with E-state index in [2.05, 4.69) is 17.1 Å². The third kappa shape index (κ3) is 4.41. The maximum Gasteiger partial charge on any atom is 0.152 e. The molecule has 0 radical (unpaired) electrons. The minimum atomic E-state index is -2.78. The number of rotatable bonds is 6. The number of nitrogens with zero attached hydrogens (tertiary/aromatic N) is 1. The highest BCUT2D eigenvalue weighted by molar-refractivity contribution is 7.91. The average Bonchev–Trinajstić information content (AvgIpc) is 2.81. The van der Waals surface area contributed by atoms with Crippen LogP contribution in [0.4, 0.5) is 0 Å². The van der Waals surface area contributed by atoms with Crippen LogP contribution in [0.15, 0.2) is 0 Å². The van der Waals surface area contributed by atoms with Gasteiger partial charge in [-0.1, -0.05) is 6.92 Å². The van der Waals surface area contributed by atoms with Crippen molar-refractivity contribution >= 4 is 9.84 Å². The van der Waals surface area contributed by atoms with Gasteiger partial charge < -0.3 is 15.0 Å². The molecule has 2 saturated heterocycles. The average molecular weight is 290 g/mol. The Balaban J connectivity index is 1.86. The summed E-state index contributed by atoms with van der Waals surface area (Å²) in [5.74, 6) is 0.624. The summed E-state index contributed by atoms with van der Waals surface area (Å²) in [7, 11) is -2.78. The van der Waals surface area contributed by atoms with Crippen molar-refractivity contribution in [1.29, 1.82) is 0 Å². The lowest BCUT2D eigenvalue weighted by Crippen LogP contribution is -2.49. The van der Waals surface area contributed by atoms with Crippen molar-refractivity contribution in [2.24, 2.45) is 5.41 Å².